The number of nitrogens with two attached hydrogens (primary N) is 2. The number of aromatic hydroxyl groups is 2. The first-order chi connectivity index (χ1) is 11.5. The van der Waals surface area contributed by atoms with E-state index in [1.54, 1.807) is 24.3 Å². The third-order valence-electron chi connectivity index (χ3n) is 3.75. The van der Waals surface area contributed by atoms with Crippen LogP contribution in [0.2, 0.25) is 0 Å². The third kappa shape index (κ3) is 3.33. The van der Waals surface area contributed by atoms with Crippen molar-refractivity contribution in [1.29, 1.82) is 0 Å². The summed E-state index contributed by atoms with van der Waals surface area (Å²) in [6.45, 7) is 0. The summed E-state index contributed by atoms with van der Waals surface area (Å²) in [5.74, 6) is 0.543. The topological polar surface area (TPSA) is 92.5 Å². The van der Waals surface area contributed by atoms with Gasteiger partial charge >= 0.3 is 0 Å². The molecule has 0 aliphatic heterocycles. The lowest BCUT2D eigenvalue weighted by Gasteiger charge is -2.00. The number of rotatable bonds is 0. The maximum Gasteiger partial charge on any atom is 0.116 e. The van der Waals surface area contributed by atoms with Gasteiger partial charge in [0.05, 0.1) is 0 Å². The second-order valence-corrected chi connectivity index (χ2v) is 5.54. The molecule has 4 aromatic rings. The highest BCUT2D eigenvalue weighted by Gasteiger charge is 1.97. The van der Waals surface area contributed by atoms with Crippen LogP contribution in [0.25, 0.3) is 21.5 Å². The molecular formula is C20H18N2O2. The molecule has 0 saturated heterocycles. The van der Waals surface area contributed by atoms with Crippen molar-refractivity contribution in [2.24, 2.45) is 0 Å². The molecule has 0 unspecified atom stereocenters. The van der Waals surface area contributed by atoms with Crippen molar-refractivity contribution in [3.05, 3.63) is 72.8 Å². The molecule has 0 heterocycles. The summed E-state index contributed by atoms with van der Waals surface area (Å²) in [4.78, 5) is 0. The van der Waals surface area contributed by atoms with Crippen LogP contribution >= 0.6 is 0 Å². The Morgan fingerprint density at radius 3 is 2.04 bits per heavy atom. The van der Waals surface area contributed by atoms with Crippen molar-refractivity contribution in [3.8, 4) is 11.5 Å². The van der Waals surface area contributed by atoms with Crippen molar-refractivity contribution >= 4 is 32.9 Å². The molecule has 4 heteroatoms. The number of hydrogen-bond donors (Lipinski definition) is 4. The Morgan fingerprint density at radius 1 is 0.583 bits per heavy atom. The van der Waals surface area contributed by atoms with Gasteiger partial charge in [-0.25, -0.2) is 0 Å². The number of nitrogen functional groups attached to an aromatic ring is 2. The summed E-state index contributed by atoms with van der Waals surface area (Å²) in [7, 11) is 0. The van der Waals surface area contributed by atoms with Gasteiger partial charge in [0.25, 0.3) is 0 Å². The molecule has 4 nitrogen and oxygen atoms in total. The van der Waals surface area contributed by atoms with Crippen molar-refractivity contribution < 1.29 is 10.2 Å². The number of phenols is 2. The van der Waals surface area contributed by atoms with Crippen LogP contribution in [0, 0.1) is 0 Å². The van der Waals surface area contributed by atoms with E-state index in [1.165, 1.54) is 0 Å². The Hall–Kier alpha value is -3.40. The Labute approximate surface area is 139 Å². The highest BCUT2D eigenvalue weighted by atomic mass is 16.3. The molecule has 0 aromatic heterocycles. The first-order valence-corrected chi connectivity index (χ1v) is 7.48. The normalized spacial score (nSPS) is 10.3. The summed E-state index contributed by atoms with van der Waals surface area (Å²) in [6, 6.07) is 21.7. The highest BCUT2D eigenvalue weighted by Crippen LogP contribution is 2.24. The molecule has 24 heavy (non-hydrogen) atoms. The van der Waals surface area contributed by atoms with Gasteiger partial charge < -0.3 is 21.7 Å². The van der Waals surface area contributed by atoms with Gasteiger partial charge in [0.15, 0.2) is 0 Å². The highest BCUT2D eigenvalue weighted by molar-refractivity contribution is 5.93. The van der Waals surface area contributed by atoms with Gasteiger partial charge in [0, 0.05) is 16.8 Å². The van der Waals surface area contributed by atoms with Crippen molar-refractivity contribution in [2.45, 2.75) is 0 Å². The van der Waals surface area contributed by atoms with E-state index in [1.807, 2.05) is 48.5 Å². The zero-order valence-electron chi connectivity index (χ0n) is 13.0. The predicted octanol–water partition coefficient (Wildman–Crippen LogP) is 4.26. The lowest BCUT2D eigenvalue weighted by molar-refractivity contribution is 0.475. The summed E-state index contributed by atoms with van der Waals surface area (Å²) in [5, 5.41) is 22.4. The maximum absolute atomic E-state index is 9.18. The summed E-state index contributed by atoms with van der Waals surface area (Å²) >= 11 is 0. The first kappa shape index (κ1) is 15.5. The Morgan fingerprint density at radius 2 is 1.25 bits per heavy atom. The Balaban J connectivity index is 0.000000141. The van der Waals surface area contributed by atoms with Crippen molar-refractivity contribution in [3.63, 3.8) is 0 Å². The van der Waals surface area contributed by atoms with Crippen LogP contribution < -0.4 is 11.5 Å². The van der Waals surface area contributed by atoms with Gasteiger partial charge in [0.2, 0.25) is 0 Å². The minimum absolute atomic E-state index is 0.271. The predicted molar refractivity (Wildman–Crippen MR) is 100 cm³/mol. The molecule has 4 aromatic carbocycles. The van der Waals surface area contributed by atoms with Gasteiger partial charge in [-0.1, -0.05) is 24.3 Å². The van der Waals surface area contributed by atoms with E-state index >= 15 is 0 Å². The molecule has 0 spiro atoms. The number of anilines is 2. The van der Waals surface area contributed by atoms with Gasteiger partial charge in [-0.15, -0.1) is 0 Å². The third-order valence-corrected chi connectivity index (χ3v) is 3.75. The maximum atomic E-state index is 9.18. The van der Waals surface area contributed by atoms with Gasteiger partial charge in [-0.05, 0) is 64.7 Å². The average molecular weight is 318 g/mol. The minimum atomic E-state index is 0.271. The smallest absolute Gasteiger partial charge is 0.116 e. The Kier molecular flexibility index (Phi) is 4.12. The van der Waals surface area contributed by atoms with E-state index in [0.29, 0.717) is 5.69 Å². The van der Waals surface area contributed by atoms with E-state index in [0.717, 1.165) is 27.2 Å². The van der Waals surface area contributed by atoms with E-state index in [4.69, 9.17) is 11.5 Å². The molecule has 0 radical (unpaired) electrons. The standard InChI is InChI=1S/2C10H9NO/c11-9-3-1-7-2-4-10(12)6-8(7)5-9;11-10-3-1-2-7-6-8(12)4-5-9(7)10/h2*1-6,12H,11H2. The number of phenolic OH excluding ortho intramolecular Hbond substituents is 2. The molecule has 6 N–H and O–H groups in total. The molecule has 0 bridgehead atoms. The van der Waals surface area contributed by atoms with Crippen LogP contribution in [0.4, 0.5) is 11.4 Å². The van der Waals surface area contributed by atoms with E-state index < -0.39 is 0 Å². The van der Waals surface area contributed by atoms with Gasteiger partial charge in [-0.3, -0.25) is 0 Å². The molecule has 120 valence electrons. The molecule has 4 rings (SSSR count). The second kappa shape index (κ2) is 6.38. The average Bonchev–Trinajstić information content (AvgIpc) is 2.55. The molecule has 0 amide bonds. The molecule has 0 aliphatic carbocycles. The summed E-state index contributed by atoms with van der Waals surface area (Å²) in [5.41, 5.74) is 12.8. The van der Waals surface area contributed by atoms with Crippen molar-refractivity contribution in [1.82, 2.24) is 0 Å². The van der Waals surface area contributed by atoms with E-state index in [2.05, 4.69) is 0 Å². The fourth-order valence-corrected chi connectivity index (χ4v) is 2.55. The molecule has 0 saturated carbocycles. The molecular weight excluding hydrogens is 300 g/mol. The number of hydrogen-bond acceptors (Lipinski definition) is 4. The molecule has 0 aliphatic rings. The summed E-state index contributed by atoms with van der Waals surface area (Å²) < 4.78 is 0. The zero-order chi connectivity index (χ0) is 17.1. The largest absolute Gasteiger partial charge is 0.508 e. The quantitative estimate of drug-likeness (QED) is 0.365. The minimum Gasteiger partial charge on any atom is -0.508 e. The lowest BCUT2D eigenvalue weighted by atomic mass is 10.1. The zero-order valence-corrected chi connectivity index (χ0v) is 13.0. The van der Waals surface area contributed by atoms with Gasteiger partial charge in [0.1, 0.15) is 11.5 Å². The van der Waals surface area contributed by atoms with Gasteiger partial charge in [-0.2, -0.15) is 0 Å². The van der Waals surface area contributed by atoms with Crippen LogP contribution in [-0.2, 0) is 0 Å². The Bertz CT molecular complexity index is 964. The van der Waals surface area contributed by atoms with Crippen molar-refractivity contribution in [2.75, 3.05) is 11.5 Å². The fraction of sp³-hybridized carbons (Fsp3) is 0. The van der Waals surface area contributed by atoms with Crippen LogP contribution in [0.1, 0.15) is 0 Å². The van der Waals surface area contributed by atoms with Crippen LogP contribution in [0.15, 0.2) is 72.8 Å². The van der Waals surface area contributed by atoms with Crippen LogP contribution in [0.5, 0.6) is 11.5 Å². The SMILES string of the molecule is Nc1ccc2ccc(O)cc2c1.Nc1cccc2cc(O)ccc12. The monoisotopic (exact) mass is 318 g/mol. The number of fused-ring (bicyclic) bond motifs is 2. The summed E-state index contributed by atoms with van der Waals surface area (Å²) in [6.07, 6.45) is 0. The van der Waals surface area contributed by atoms with Crippen LogP contribution in [-0.4, -0.2) is 10.2 Å². The lowest BCUT2D eigenvalue weighted by Crippen LogP contribution is -1.85. The van der Waals surface area contributed by atoms with E-state index in [9.17, 15) is 10.2 Å². The molecule has 0 fully saturated rings. The second-order valence-electron chi connectivity index (χ2n) is 5.54. The fourth-order valence-electron chi connectivity index (χ4n) is 2.55. The number of benzene rings is 4. The van der Waals surface area contributed by atoms with Crippen LogP contribution in [0.3, 0.4) is 0 Å². The first-order valence-electron chi connectivity index (χ1n) is 7.48. The van der Waals surface area contributed by atoms with E-state index in [-0.39, 0.29) is 11.5 Å². The molecule has 0 atom stereocenters.